The quantitative estimate of drug-likeness (QED) is 0.851. The van der Waals surface area contributed by atoms with Crippen LogP contribution in [0.15, 0.2) is 41.2 Å². The molecule has 114 valence electrons. The van der Waals surface area contributed by atoms with Gasteiger partial charge in [0.05, 0.1) is 24.8 Å². The van der Waals surface area contributed by atoms with E-state index in [0.717, 1.165) is 17.0 Å². The van der Waals surface area contributed by atoms with Crippen molar-refractivity contribution >= 4 is 0 Å². The first-order chi connectivity index (χ1) is 10.5. The zero-order chi connectivity index (χ0) is 16.1. The maximum atomic E-state index is 12.2. The van der Waals surface area contributed by atoms with E-state index in [0.29, 0.717) is 18.1 Å². The lowest BCUT2D eigenvalue weighted by molar-refractivity contribution is 0.271. The van der Waals surface area contributed by atoms with Crippen LogP contribution in [-0.2, 0) is 13.5 Å². The predicted octanol–water partition coefficient (Wildman–Crippen LogP) is 3.15. The van der Waals surface area contributed by atoms with Crippen molar-refractivity contribution in [1.29, 1.82) is 5.26 Å². The van der Waals surface area contributed by atoms with E-state index in [1.54, 1.807) is 17.7 Å². The van der Waals surface area contributed by atoms with Crippen molar-refractivity contribution in [2.75, 3.05) is 6.61 Å². The number of rotatable bonds is 5. The van der Waals surface area contributed by atoms with E-state index in [1.807, 2.05) is 36.4 Å². The summed E-state index contributed by atoms with van der Waals surface area (Å²) < 4.78 is 7.24. The smallest absolute Gasteiger partial charge is 0.255 e. The van der Waals surface area contributed by atoms with Crippen molar-refractivity contribution < 1.29 is 4.74 Å². The van der Waals surface area contributed by atoms with E-state index in [1.165, 1.54) is 0 Å². The number of nitriles is 1. The first-order valence-corrected chi connectivity index (χ1v) is 7.32. The summed E-state index contributed by atoms with van der Waals surface area (Å²) in [5.74, 6) is 1.30. The molecule has 0 amide bonds. The molecule has 0 aliphatic rings. The summed E-state index contributed by atoms with van der Waals surface area (Å²) in [4.78, 5) is 12.2. The van der Waals surface area contributed by atoms with Gasteiger partial charge in [0.1, 0.15) is 5.75 Å². The average molecular weight is 296 g/mol. The molecule has 0 saturated heterocycles. The van der Waals surface area contributed by atoms with E-state index in [4.69, 9.17) is 10.00 Å². The van der Waals surface area contributed by atoms with Crippen molar-refractivity contribution in [3.8, 4) is 23.1 Å². The van der Waals surface area contributed by atoms with Crippen LogP contribution in [0.5, 0.6) is 5.75 Å². The van der Waals surface area contributed by atoms with Gasteiger partial charge < -0.3 is 9.30 Å². The van der Waals surface area contributed by atoms with Crippen LogP contribution >= 0.6 is 0 Å². The van der Waals surface area contributed by atoms with E-state index in [9.17, 15) is 4.79 Å². The lowest BCUT2D eigenvalue weighted by Gasteiger charge is -2.12. The SMILES string of the molecule is CC(C)COc1ccc(-c2ccc(CC#N)c(=O)n2C)cc1. The normalized spacial score (nSPS) is 10.5. The number of benzene rings is 1. The molecule has 0 radical (unpaired) electrons. The maximum absolute atomic E-state index is 12.2. The summed E-state index contributed by atoms with van der Waals surface area (Å²) in [7, 11) is 1.72. The van der Waals surface area contributed by atoms with Gasteiger partial charge in [0.15, 0.2) is 0 Å². The summed E-state index contributed by atoms with van der Waals surface area (Å²) in [6.45, 7) is 4.89. The lowest BCUT2D eigenvalue weighted by Crippen LogP contribution is -2.21. The van der Waals surface area contributed by atoms with E-state index in [-0.39, 0.29) is 12.0 Å². The Kier molecular flexibility index (Phi) is 5.00. The third kappa shape index (κ3) is 3.56. The number of pyridine rings is 1. The van der Waals surface area contributed by atoms with Crippen molar-refractivity contribution in [3.63, 3.8) is 0 Å². The van der Waals surface area contributed by atoms with Crippen LogP contribution in [0, 0.1) is 17.2 Å². The maximum Gasteiger partial charge on any atom is 0.255 e. The molecule has 0 unspecified atom stereocenters. The monoisotopic (exact) mass is 296 g/mol. The molecule has 0 spiro atoms. The molecule has 2 aromatic rings. The third-order valence-electron chi connectivity index (χ3n) is 3.39. The highest BCUT2D eigenvalue weighted by Gasteiger charge is 2.08. The van der Waals surface area contributed by atoms with Crippen LogP contribution in [-0.4, -0.2) is 11.2 Å². The number of hydrogen-bond donors (Lipinski definition) is 0. The minimum atomic E-state index is -0.126. The highest BCUT2D eigenvalue weighted by Crippen LogP contribution is 2.21. The second-order valence-corrected chi connectivity index (χ2v) is 5.67. The molecule has 4 heteroatoms. The Balaban J connectivity index is 2.27. The summed E-state index contributed by atoms with van der Waals surface area (Å²) in [5, 5.41) is 8.73. The van der Waals surface area contributed by atoms with Gasteiger partial charge in [-0.05, 0) is 41.8 Å². The largest absolute Gasteiger partial charge is 0.493 e. The fourth-order valence-corrected chi connectivity index (χ4v) is 2.18. The van der Waals surface area contributed by atoms with Crippen LogP contribution in [0.4, 0.5) is 0 Å². The van der Waals surface area contributed by atoms with Gasteiger partial charge in [-0.2, -0.15) is 5.26 Å². The van der Waals surface area contributed by atoms with Crippen molar-refractivity contribution in [2.24, 2.45) is 13.0 Å². The molecule has 4 nitrogen and oxygen atoms in total. The van der Waals surface area contributed by atoms with Crippen LogP contribution in [0.2, 0.25) is 0 Å². The van der Waals surface area contributed by atoms with Gasteiger partial charge in [-0.3, -0.25) is 4.79 Å². The van der Waals surface area contributed by atoms with Crippen LogP contribution < -0.4 is 10.3 Å². The molecule has 0 N–H and O–H groups in total. The van der Waals surface area contributed by atoms with Gasteiger partial charge >= 0.3 is 0 Å². The highest BCUT2D eigenvalue weighted by molar-refractivity contribution is 5.60. The molecule has 2 rings (SSSR count). The van der Waals surface area contributed by atoms with Crippen molar-refractivity contribution in [2.45, 2.75) is 20.3 Å². The fourth-order valence-electron chi connectivity index (χ4n) is 2.18. The molecule has 0 bridgehead atoms. The molecule has 0 fully saturated rings. The minimum absolute atomic E-state index is 0.126. The Morgan fingerprint density at radius 3 is 2.45 bits per heavy atom. The molecular formula is C18H20N2O2. The predicted molar refractivity (Wildman–Crippen MR) is 86.8 cm³/mol. The highest BCUT2D eigenvalue weighted by atomic mass is 16.5. The first-order valence-electron chi connectivity index (χ1n) is 7.32. The summed E-state index contributed by atoms with van der Waals surface area (Å²) in [6, 6.07) is 13.3. The molecule has 0 atom stereocenters. The Bertz CT molecular complexity index is 737. The van der Waals surface area contributed by atoms with E-state index < -0.39 is 0 Å². The Morgan fingerprint density at radius 1 is 1.18 bits per heavy atom. The average Bonchev–Trinajstić information content (AvgIpc) is 2.51. The van der Waals surface area contributed by atoms with E-state index in [2.05, 4.69) is 13.8 Å². The Hall–Kier alpha value is -2.54. The van der Waals surface area contributed by atoms with Gasteiger partial charge in [-0.1, -0.05) is 19.9 Å². The second-order valence-electron chi connectivity index (χ2n) is 5.67. The fraction of sp³-hybridized carbons (Fsp3) is 0.333. The molecule has 1 aromatic carbocycles. The topological polar surface area (TPSA) is 55.0 Å². The molecule has 0 aliphatic carbocycles. The Labute approximate surface area is 130 Å². The minimum Gasteiger partial charge on any atom is -0.493 e. The number of ether oxygens (including phenoxy) is 1. The Morgan fingerprint density at radius 2 is 1.86 bits per heavy atom. The first kappa shape index (κ1) is 15.8. The summed E-state index contributed by atoms with van der Waals surface area (Å²) >= 11 is 0. The molecular weight excluding hydrogens is 276 g/mol. The van der Waals surface area contributed by atoms with Crippen LogP contribution in [0.1, 0.15) is 19.4 Å². The van der Waals surface area contributed by atoms with Gasteiger partial charge in [0, 0.05) is 12.6 Å². The molecule has 1 heterocycles. The molecule has 22 heavy (non-hydrogen) atoms. The lowest BCUT2D eigenvalue weighted by atomic mass is 10.1. The van der Waals surface area contributed by atoms with Crippen LogP contribution in [0.3, 0.4) is 0 Å². The van der Waals surface area contributed by atoms with Crippen LogP contribution in [0.25, 0.3) is 11.3 Å². The van der Waals surface area contributed by atoms with Crippen molar-refractivity contribution in [3.05, 3.63) is 52.3 Å². The standard InChI is InChI=1S/C18H20N2O2/c1-13(2)12-22-16-7-4-14(5-8-16)17-9-6-15(10-11-19)18(21)20(17)3/h4-9,13H,10,12H2,1-3H3. The van der Waals surface area contributed by atoms with Gasteiger partial charge in [-0.25, -0.2) is 0 Å². The van der Waals surface area contributed by atoms with E-state index >= 15 is 0 Å². The molecule has 1 aromatic heterocycles. The second kappa shape index (κ2) is 6.95. The van der Waals surface area contributed by atoms with Gasteiger partial charge in [0.2, 0.25) is 0 Å². The zero-order valence-corrected chi connectivity index (χ0v) is 13.2. The third-order valence-corrected chi connectivity index (χ3v) is 3.39. The number of nitrogens with zero attached hydrogens (tertiary/aromatic N) is 2. The number of aromatic nitrogens is 1. The molecule has 0 aliphatic heterocycles. The van der Waals surface area contributed by atoms with Gasteiger partial charge in [-0.15, -0.1) is 0 Å². The zero-order valence-electron chi connectivity index (χ0n) is 13.2. The van der Waals surface area contributed by atoms with Gasteiger partial charge in [0.25, 0.3) is 5.56 Å². The molecule has 0 saturated carbocycles. The van der Waals surface area contributed by atoms with Crippen molar-refractivity contribution in [1.82, 2.24) is 4.57 Å². The summed E-state index contributed by atoms with van der Waals surface area (Å²) in [6.07, 6.45) is 0.134. The number of hydrogen-bond acceptors (Lipinski definition) is 3. The summed E-state index contributed by atoms with van der Waals surface area (Å²) in [5.41, 5.74) is 2.16.